The maximum Gasteiger partial charge on any atom is 0.311 e. The smallest absolute Gasteiger partial charge is 0.311 e. The lowest BCUT2D eigenvalue weighted by Gasteiger charge is -2.04. The Morgan fingerprint density at radius 3 is 2.39 bits per heavy atom. The number of benzene rings is 1. The first-order valence-electron chi connectivity index (χ1n) is 5.55. The molecule has 5 heteroatoms. The largest absolute Gasteiger partial charge is 0.481 e. The second kappa shape index (κ2) is 4.91. The first-order valence-corrected chi connectivity index (χ1v) is 5.55. The second-order valence-corrected chi connectivity index (χ2v) is 4.06. The van der Waals surface area contributed by atoms with E-state index in [1.54, 1.807) is 6.92 Å². The lowest BCUT2D eigenvalue weighted by molar-refractivity contribution is -0.136. The van der Waals surface area contributed by atoms with Crippen molar-refractivity contribution < 1.29 is 9.90 Å². The lowest BCUT2D eigenvalue weighted by Crippen LogP contribution is -2.08. The van der Waals surface area contributed by atoms with Crippen LogP contribution in [0.25, 0.3) is 11.4 Å². The third-order valence-corrected chi connectivity index (χ3v) is 2.41. The average Bonchev–Trinajstić information content (AvgIpc) is 2.28. The molecule has 0 aliphatic heterocycles. The molecule has 2 aromatic rings. The van der Waals surface area contributed by atoms with Gasteiger partial charge in [0.05, 0.1) is 0 Å². The molecule has 1 aromatic carbocycles. The van der Waals surface area contributed by atoms with Crippen LogP contribution in [0.15, 0.2) is 24.3 Å². The van der Waals surface area contributed by atoms with Crippen LogP contribution in [0.3, 0.4) is 0 Å². The summed E-state index contributed by atoms with van der Waals surface area (Å²) in [6, 6.07) is 7.75. The Labute approximate surface area is 105 Å². The fourth-order valence-corrected chi connectivity index (χ4v) is 1.58. The maximum absolute atomic E-state index is 10.7. The predicted octanol–water partition coefficient (Wildman–Crippen LogP) is 1.78. The normalized spacial score (nSPS) is 10.3. The molecule has 0 amide bonds. The minimum Gasteiger partial charge on any atom is -0.481 e. The standard InChI is InChI=1S/C13H13N3O2/c1-8-3-5-10(6-4-8)13-15-9(2)14-11(16-13)7-12(17)18/h3-6H,7H2,1-2H3,(H,17,18). The van der Waals surface area contributed by atoms with E-state index in [1.807, 2.05) is 31.2 Å². The first-order chi connectivity index (χ1) is 8.54. The zero-order valence-electron chi connectivity index (χ0n) is 10.2. The molecule has 0 radical (unpaired) electrons. The Bertz CT molecular complexity index is 579. The fourth-order valence-electron chi connectivity index (χ4n) is 1.58. The molecular formula is C13H13N3O2. The molecule has 2 rings (SSSR count). The van der Waals surface area contributed by atoms with Crippen LogP contribution in [0.1, 0.15) is 17.2 Å². The summed E-state index contributed by atoms with van der Waals surface area (Å²) in [5, 5.41) is 8.76. The second-order valence-electron chi connectivity index (χ2n) is 4.06. The first kappa shape index (κ1) is 12.2. The number of hydrogen-bond acceptors (Lipinski definition) is 4. The SMILES string of the molecule is Cc1ccc(-c2nc(C)nc(CC(=O)O)n2)cc1. The van der Waals surface area contributed by atoms with Crippen LogP contribution in [-0.4, -0.2) is 26.0 Å². The Kier molecular flexibility index (Phi) is 3.32. The molecule has 0 saturated heterocycles. The molecule has 5 nitrogen and oxygen atoms in total. The third-order valence-electron chi connectivity index (χ3n) is 2.41. The van der Waals surface area contributed by atoms with Crippen molar-refractivity contribution in [3.05, 3.63) is 41.5 Å². The summed E-state index contributed by atoms with van der Waals surface area (Å²) in [5.74, 6) is 0.372. The van der Waals surface area contributed by atoms with Gasteiger partial charge in [-0.25, -0.2) is 15.0 Å². The van der Waals surface area contributed by atoms with E-state index in [2.05, 4.69) is 15.0 Å². The molecular weight excluding hydrogens is 230 g/mol. The summed E-state index contributed by atoms with van der Waals surface area (Å²) >= 11 is 0. The quantitative estimate of drug-likeness (QED) is 0.889. The van der Waals surface area contributed by atoms with E-state index in [9.17, 15) is 4.79 Å². The molecule has 0 aliphatic rings. The Morgan fingerprint density at radius 2 is 1.78 bits per heavy atom. The number of aliphatic carboxylic acids is 1. The minimum atomic E-state index is -0.949. The summed E-state index contributed by atoms with van der Waals surface area (Å²) in [5.41, 5.74) is 2.01. The molecule has 0 atom stereocenters. The maximum atomic E-state index is 10.7. The minimum absolute atomic E-state index is 0.192. The predicted molar refractivity (Wildman–Crippen MR) is 66.1 cm³/mol. The summed E-state index contributed by atoms with van der Waals surface area (Å²) < 4.78 is 0. The number of aryl methyl sites for hydroxylation is 2. The summed E-state index contributed by atoms with van der Waals surface area (Å²) in [6.07, 6.45) is -0.192. The van der Waals surface area contributed by atoms with Gasteiger partial charge in [0, 0.05) is 5.56 Å². The van der Waals surface area contributed by atoms with Gasteiger partial charge < -0.3 is 5.11 Å². The molecule has 0 bridgehead atoms. The molecule has 0 unspecified atom stereocenters. The van der Waals surface area contributed by atoms with E-state index < -0.39 is 5.97 Å². The van der Waals surface area contributed by atoms with E-state index in [1.165, 1.54) is 0 Å². The number of nitrogens with zero attached hydrogens (tertiary/aromatic N) is 3. The van der Waals surface area contributed by atoms with E-state index in [0.717, 1.165) is 11.1 Å². The zero-order chi connectivity index (χ0) is 13.1. The Morgan fingerprint density at radius 1 is 1.11 bits per heavy atom. The number of rotatable bonds is 3. The van der Waals surface area contributed by atoms with Gasteiger partial charge in [-0.05, 0) is 13.8 Å². The summed E-state index contributed by atoms with van der Waals surface area (Å²) in [4.78, 5) is 23.1. The van der Waals surface area contributed by atoms with Gasteiger partial charge in [0.2, 0.25) is 0 Å². The molecule has 0 spiro atoms. The van der Waals surface area contributed by atoms with Crippen molar-refractivity contribution >= 4 is 5.97 Å². The van der Waals surface area contributed by atoms with Crippen molar-refractivity contribution in [3.8, 4) is 11.4 Å². The van der Waals surface area contributed by atoms with Crippen LogP contribution < -0.4 is 0 Å². The van der Waals surface area contributed by atoms with Gasteiger partial charge in [-0.2, -0.15) is 0 Å². The summed E-state index contributed by atoms with van der Waals surface area (Å²) in [7, 11) is 0. The molecule has 18 heavy (non-hydrogen) atoms. The summed E-state index contributed by atoms with van der Waals surface area (Å²) in [6.45, 7) is 3.73. The monoisotopic (exact) mass is 243 g/mol. The van der Waals surface area contributed by atoms with Crippen LogP contribution in [0, 0.1) is 13.8 Å². The van der Waals surface area contributed by atoms with Gasteiger partial charge in [-0.1, -0.05) is 29.8 Å². The topological polar surface area (TPSA) is 76.0 Å². The van der Waals surface area contributed by atoms with Crippen molar-refractivity contribution in [1.29, 1.82) is 0 Å². The fraction of sp³-hybridized carbons (Fsp3) is 0.231. The van der Waals surface area contributed by atoms with Crippen LogP contribution in [-0.2, 0) is 11.2 Å². The number of carboxylic acid groups (broad SMARTS) is 1. The van der Waals surface area contributed by atoms with Crippen molar-refractivity contribution in [1.82, 2.24) is 15.0 Å². The lowest BCUT2D eigenvalue weighted by atomic mass is 10.1. The highest BCUT2D eigenvalue weighted by molar-refractivity contribution is 5.69. The van der Waals surface area contributed by atoms with Crippen LogP contribution >= 0.6 is 0 Å². The molecule has 92 valence electrons. The highest BCUT2D eigenvalue weighted by atomic mass is 16.4. The highest BCUT2D eigenvalue weighted by Gasteiger charge is 2.09. The molecule has 0 fully saturated rings. The van der Waals surface area contributed by atoms with Gasteiger partial charge in [-0.15, -0.1) is 0 Å². The van der Waals surface area contributed by atoms with Gasteiger partial charge in [0.25, 0.3) is 0 Å². The molecule has 1 N–H and O–H groups in total. The van der Waals surface area contributed by atoms with E-state index >= 15 is 0 Å². The van der Waals surface area contributed by atoms with E-state index in [0.29, 0.717) is 11.6 Å². The van der Waals surface area contributed by atoms with Gasteiger partial charge in [0.1, 0.15) is 18.1 Å². The Hall–Kier alpha value is -2.30. The van der Waals surface area contributed by atoms with Gasteiger partial charge in [-0.3, -0.25) is 4.79 Å². The molecule has 1 heterocycles. The van der Waals surface area contributed by atoms with E-state index in [-0.39, 0.29) is 12.2 Å². The van der Waals surface area contributed by atoms with Crippen molar-refractivity contribution in [2.75, 3.05) is 0 Å². The average molecular weight is 243 g/mol. The van der Waals surface area contributed by atoms with Gasteiger partial charge >= 0.3 is 5.97 Å². The molecule has 0 aliphatic carbocycles. The van der Waals surface area contributed by atoms with Gasteiger partial charge in [0.15, 0.2) is 5.82 Å². The molecule has 0 saturated carbocycles. The van der Waals surface area contributed by atoms with Crippen LogP contribution in [0.5, 0.6) is 0 Å². The van der Waals surface area contributed by atoms with Crippen molar-refractivity contribution in [3.63, 3.8) is 0 Å². The Balaban J connectivity index is 2.41. The van der Waals surface area contributed by atoms with E-state index in [4.69, 9.17) is 5.11 Å². The highest BCUT2D eigenvalue weighted by Crippen LogP contribution is 2.15. The number of carboxylic acids is 1. The molecule has 1 aromatic heterocycles. The van der Waals surface area contributed by atoms with Crippen LogP contribution in [0.4, 0.5) is 0 Å². The zero-order valence-corrected chi connectivity index (χ0v) is 10.2. The number of carbonyl (C=O) groups is 1. The number of hydrogen-bond donors (Lipinski definition) is 1. The van der Waals surface area contributed by atoms with Crippen molar-refractivity contribution in [2.45, 2.75) is 20.3 Å². The number of aromatic nitrogens is 3. The van der Waals surface area contributed by atoms with Crippen LogP contribution in [0.2, 0.25) is 0 Å². The van der Waals surface area contributed by atoms with Crippen molar-refractivity contribution in [2.24, 2.45) is 0 Å². The third kappa shape index (κ3) is 2.88.